The van der Waals surface area contributed by atoms with E-state index >= 15 is 0 Å². The number of hydrogen-bond donors (Lipinski definition) is 0. The number of aryl methyl sites for hydroxylation is 1. The molecular weight excluding hydrogens is 168 g/mol. The van der Waals surface area contributed by atoms with Crippen molar-refractivity contribution in [3.05, 3.63) is 66.8 Å². The van der Waals surface area contributed by atoms with Gasteiger partial charge in [-0.2, -0.15) is 0 Å². The zero-order chi connectivity index (χ0) is 10.4. The molecule has 0 unspecified atom stereocenters. The maximum Gasteiger partial charge on any atom is -0.0184 e. The van der Waals surface area contributed by atoms with Gasteiger partial charge in [-0.3, -0.25) is 0 Å². The van der Waals surface area contributed by atoms with Crippen LogP contribution in [0.5, 0.6) is 0 Å². The molecule has 0 fully saturated rings. The van der Waals surface area contributed by atoms with Crippen molar-refractivity contribution in [2.75, 3.05) is 0 Å². The molecule has 1 rings (SSSR count). The SMILES string of the molecule is C=C/C=C(\C=C)c1ccc(CC)cc1. The highest BCUT2D eigenvalue weighted by molar-refractivity contribution is 5.74. The van der Waals surface area contributed by atoms with Gasteiger partial charge in [0.2, 0.25) is 0 Å². The molecule has 0 bridgehead atoms. The van der Waals surface area contributed by atoms with Crippen LogP contribution in [0.3, 0.4) is 0 Å². The van der Waals surface area contributed by atoms with E-state index in [0.717, 1.165) is 12.0 Å². The fourth-order valence-electron chi connectivity index (χ4n) is 1.34. The summed E-state index contributed by atoms with van der Waals surface area (Å²) in [5, 5.41) is 0. The summed E-state index contributed by atoms with van der Waals surface area (Å²) in [6.07, 6.45) is 6.68. The van der Waals surface area contributed by atoms with Crippen molar-refractivity contribution < 1.29 is 0 Å². The molecule has 0 saturated heterocycles. The third-order valence-electron chi connectivity index (χ3n) is 2.21. The first-order valence-corrected chi connectivity index (χ1v) is 4.86. The van der Waals surface area contributed by atoms with Crippen LogP contribution in [0.25, 0.3) is 5.57 Å². The normalized spacial score (nSPS) is 11.1. The monoisotopic (exact) mass is 184 g/mol. The summed E-state index contributed by atoms with van der Waals surface area (Å²) >= 11 is 0. The quantitative estimate of drug-likeness (QED) is 0.620. The van der Waals surface area contributed by atoms with Crippen LogP contribution < -0.4 is 0 Å². The van der Waals surface area contributed by atoms with Crippen molar-refractivity contribution in [3.63, 3.8) is 0 Å². The van der Waals surface area contributed by atoms with E-state index in [1.54, 1.807) is 6.08 Å². The summed E-state index contributed by atoms with van der Waals surface area (Å²) in [7, 11) is 0. The van der Waals surface area contributed by atoms with Crippen LogP contribution in [0.2, 0.25) is 0 Å². The molecule has 0 nitrogen and oxygen atoms in total. The van der Waals surface area contributed by atoms with Gasteiger partial charge >= 0.3 is 0 Å². The van der Waals surface area contributed by atoms with Gasteiger partial charge in [0.05, 0.1) is 0 Å². The van der Waals surface area contributed by atoms with Gasteiger partial charge in [-0.1, -0.05) is 62.6 Å². The van der Waals surface area contributed by atoms with E-state index in [-0.39, 0.29) is 0 Å². The zero-order valence-electron chi connectivity index (χ0n) is 8.66. The van der Waals surface area contributed by atoms with Crippen molar-refractivity contribution in [3.8, 4) is 0 Å². The lowest BCUT2D eigenvalue weighted by atomic mass is 10.0. The summed E-state index contributed by atoms with van der Waals surface area (Å²) in [5.41, 5.74) is 3.66. The van der Waals surface area contributed by atoms with Crippen LogP contribution in [-0.4, -0.2) is 0 Å². The second-order valence-electron chi connectivity index (χ2n) is 3.11. The summed E-state index contributed by atoms with van der Waals surface area (Å²) in [5.74, 6) is 0. The molecule has 0 amide bonds. The lowest BCUT2D eigenvalue weighted by molar-refractivity contribution is 1.14. The summed E-state index contributed by atoms with van der Waals surface area (Å²) in [6, 6.07) is 8.54. The Kier molecular flexibility index (Phi) is 3.93. The van der Waals surface area contributed by atoms with Gasteiger partial charge in [-0.25, -0.2) is 0 Å². The standard InChI is InChI=1S/C14H16/c1-4-7-13(6-3)14-10-8-12(5-2)9-11-14/h4,6-11H,1,3,5H2,2H3/b13-7+. The fraction of sp³-hybridized carbons (Fsp3) is 0.143. The predicted molar refractivity (Wildman–Crippen MR) is 64.2 cm³/mol. The van der Waals surface area contributed by atoms with Crippen LogP contribution in [-0.2, 0) is 6.42 Å². The van der Waals surface area contributed by atoms with Crippen molar-refractivity contribution in [2.45, 2.75) is 13.3 Å². The van der Waals surface area contributed by atoms with E-state index in [1.807, 2.05) is 12.2 Å². The fourth-order valence-corrected chi connectivity index (χ4v) is 1.34. The highest BCUT2D eigenvalue weighted by Crippen LogP contribution is 2.16. The minimum Gasteiger partial charge on any atom is -0.0990 e. The maximum absolute atomic E-state index is 3.78. The van der Waals surface area contributed by atoms with Gasteiger partial charge < -0.3 is 0 Å². The van der Waals surface area contributed by atoms with Crippen LogP contribution in [0.4, 0.5) is 0 Å². The highest BCUT2D eigenvalue weighted by atomic mass is 14.0. The Bertz CT molecular complexity index is 339. The molecule has 0 radical (unpaired) electrons. The molecule has 0 aliphatic rings. The van der Waals surface area contributed by atoms with Crippen molar-refractivity contribution in [1.29, 1.82) is 0 Å². The third kappa shape index (κ3) is 2.46. The predicted octanol–water partition coefficient (Wildman–Crippen LogP) is 4.00. The van der Waals surface area contributed by atoms with Crippen molar-refractivity contribution in [2.24, 2.45) is 0 Å². The van der Waals surface area contributed by atoms with E-state index in [4.69, 9.17) is 0 Å². The molecule has 0 spiro atoms. The number of rotatable bonds is 4. The lowest BCUT2D eigenvalue weighted by Gasteiger charge is -2.02. The molecule has 0 saturated carbocycles. The number of allylic oxidation sites excluding steroid dienone is 4. The molecule has 0 aliphatic heterocycles. The molecule has 0 aromatic heterocycles. The average Bonchev–Trinajstić information content (AvgIpc) is 2.26. The van der Waals surface area contributed by atoms with E-state index in [2.05, 4.69) is 44.3 Å². The average molecular weight is 184 g/mol. The first-order chi connectivity index (χ1) is 6.81. The molecule has 0 heteroatoms. The topological polar surface area (TPSA) is 0 Å². The van der Waals surface area contributed by atoms with E-state index < -0.39 is 0 Å². The first-order valence-electron chi connectivity index (χ1n) is 4.86. The van der Waals surface area contributed by atoms with Crippen LogP contribution >= 0.6 is 0 Å². The Labute approximate surface area is 86.3 Å². The van der Waals surface area contributed by atoms with Crippen molar-refractivity contribution >= 4 is 5.57 Å². The summed E-state index contributed by atoms with van der Waals surface area (Å²) in [4.78, 5) is 0. The number of hydrogen-bond acceptors (Lipinski definition) is 0. The molecule has 72 valence electrons. The van der Waals surface area contributed by atoms with Gasteiger partial charge in [0.25, 0.3) is 0 Å². The molecule has 1 aromatic rings. The number of benzene rings is 1. The van der Waals surface area contributed by atoms with Gasteiger partial charge in [-0.05, 0) is 23.1 Å². The molecule has 0 N–H and O–H groups in total. The van der Waals surface area contributed by atoms with Crippen LogP contribution in [0, 0.1) is 0 Å². The Balaban J connectivity index is 3.00. The molecule has 0 aliphatic carbocycles. The molecular formula is C14H16. The second-order valence-corrected chi connectivity index (χ2v) is 3.11. The Morgan fingerprint density at radius 1 is 1.21 bits per heavy atom. The minimum atomic E-state index is 1.08. The zero-order valence-corrected chi connectivity index (χ0v) is 8.66. The molecule has 14 heavy (non-hydrogen) atoms. The van der Waals surface area contributed by atoms with Gasteiger partial charge in [0, 0.05) is 0 Å². The Morgan fingerprint density at radius 3 is 2.29 bits per heavy atom. The van der Waals surface area contributed by atoms with Crippen LogP contribution in [0.1, 0.15) is 18.1 Å². The van der Waals surface area contributed by atoms with E-state index in [0.29, 0.717) is 0 Å². The summed E-state index contributed by atoms with van der Waals surface area (Å²) < 4.78 is 0. The molecule has 0 atom stereocenters. The third-order valence-corrected chi connectivity index (χ3v) is 2.21. The lowest BCUT2D eigenvalue weighted by Crippen LogP contribution is -1.83. The van der Waals surface area contributed by atoms with Crippen molar-refractivity contribution in [1.82, 2.24) is 0 Å². The van der Waals surface area contributed by atoms with Gasteiger partial charge in [0.15, 0.2) is 0 Å². The largest absolute Gasteiger partial charge is 0.0990 e. The van der Waals surface area contributed by atoms with Gasteiger partial charge in [-0.15, -0.1) is 0 Å². The summed E-state index contributed by atoms with van der Waals surface area (Å²) in [6.45, 7) is 9.62. The van der Waals surface area contributed by atoms with Gasteiger partial charge in [0.1, 0.15) is 0 Å². The second kappa shape index (κ2) is 5.23. The maximum atomic E-state index is 3.78. The molecule has 1 aromatic carbocycles. The first kappa shape index (κ1) is 10.5. The Morgan fingerprint density at radius 2 is 1.86 bits per heavy atom. The smallest absolute Gasteiger partial charge is 0.0184 e. The van der Waals surface area contributed by atoms with Crippen LogP contribution in [0.15, 0.2) is 55.7 Å². The van der Waals surface area contributed by atoms with E-state index in [1.165, 1.54) is 11.1 Å². The molecule has 0 heterocycles. The minimum absolute atomic E-state index is 1.08. The Hall–Kier alpha value is -1.56. The van der Waals surface area contributed by atoms with E-state index in [9.17, 15) is 0 Å². The highest BCUT2D eigenvalue weighted by Gasteiger charge is 1.95.